The average Bonchev–Trinajstić information content (AvgIpc) is 2.46. The second-order valence-electron chi connectivity index (χ2n) is 4.49. The van der Waals surface area contributed by atoms with Gasteiger partial charge in [0.15, 0.2) is 0 Å². The van der Waals surface area contributed by atoms with Gasteiger partial charge in [0.05, 0.1) is 17.6 Å². The lowest BCUT2D eigenvalue weighted by atomic mass is 10.1. The first-order valence-corrected chi connectivity index (χ1v) is 6.25. The van der Waals surface area contributed by atoms with Crippen molar-refractivity contribution in [1.29, 1.82) is 0 Å². The zero-order valence-electron chi connectivity index (χ0n) is 10.8. The van der Waals surface area contributed by atoms with Gasteiger partial charge in [0, 0.05) is 25.2 Å². The Morgan fingerprint density at radius 1 is 1.32 bits per heavy atom. The van der Waals surface area contributed by atoms with Crippen molar-refractivity contribution in [2.45, 2.75) is 19.3 Å². The van der Waals surface area contributed by atoms with Crippen LogP contribution in [0.15, 0.2) is 18.2 Å². The number of hydrogen-bond donors (Lipinski definition) is 0. The van der Waals surface area contributed by atoms with E-state index in [1.54, 1.807) is 4.90 Å². The molecule has 0 spiro atoms. The molecule has 6 nitrogen and oxygen atoms in total. The molecule has 0 aliphatic carbocycles. The average molecular weight is 264 g/mol. The van der Waals surface area contributed by atoms with Crippen LogP contribution in [0.5, 0.6) is 5.75 Å². The van der Waals surface area contributed by atoms with E-state index in [0.717, 1.165) is 19.3 Å². The fourth-order valence-corrected chi connectivity index (χ4v) is 2.24. The van der Waals surface area contributed by atoms with Crippen LogP contribution in [0.25, 0.3) is 0 Å². The van der Waals surface area contributed by atoms with Crippen molar-refractivity contribution >= 4 is 11.6 Å². The van der Waals surface area contributed by atoms with Crippen LogP contribution in [0.4, 0.5) is 5.69 Å². The number of nitrogens with zero attached hydrogens (tertiary/aromatic N) is 2. The van der Waals surface area contributed by atoms with Gasteiger partial charge in [0.1, 0.15) is 5.75 Å². The summed E-state index contributed by atoms with van der Waals surface area (Å²) in [4.78, 5) is 24.4. The molecule has 102 valence electrons. The highest BCUT2D eigenvalue weighted by Gasteiger charge is 2.23. The number of amides is 1. The smallest absolute Gasteiger partial charge is 0.270 e. The minimum atomic E-state index is -0.508. The van der Waals surface area contributed by atoms with Crippen molar-refractivity contribution in [1.82, 2.24) is 4.90 Å². The Hall–Kier alpha value is -2.11. The molecule has 0 radical (unpaired) electrons. The minimum absolute atomic E-state index is 0.0961. The first kappa shape index (κ1) is 13.3. The van der Waals surface area contributed by atoms with E-state index in [0.29, 0.717) is 18.8 Å². The molecule has 6 heteroatoms. The monoisotopic (exact) mass is 264 g/mol. The summed E-state index contributed by atoms with van der Waals surface area (Å²) in [6.45, 7) is 1.40. The molecule has 1 aromatic rings. The van der Waals surface area contributed by atoms with E-state index in [1.807, 2.05) is 0 Å². The predicted molar refractivity (Wildman–Crippen MR) is 69.4 cm³/mol. The van der Waals surface area contributed by atoms with Gasteiger partial charge in [-0.15, -0.1) is 0 Å². The Kier molecular flexibility index (Phi) is 3.99. The highest BCUT2D eigenvalue weighted by atomic mass is 16.6. The van der Waals surface area contributed by atoms with Crippen molar-refractivity contribution in [2.75, 3.05) is 20.2 Å². The molecular weight excluding hydrogens is 248 g/mol. The molecule has 0 aromatic heterocycles. The Morgan fingerprint density at radius 3 is 2.58 bits per heavy atom. The maximum atomic E-state index is 12.4. The van der Waals surface area contributed by atoms with E-state index >= 15 is 0 Å². The number of likely N-dealkylation sites (tertiary alicyclic amines) is 1. The summed E-state index contributed by atoms with van der Waals surface area (Å²) in [6, 6.07) is 4.09. The van der Waals surface area contributed by atoms with Gasteiger partial charge in [-0.1, -0.05) is 0 Å². The standard InChI is InChI=1S/C13H16N2O4/c1-19-12-6-5-10(15(17)18)9-11(12)13(16)14-7-3-2-4-8-14/h5-6,9H,2-4,7-8H2,1H3. The Morgan fingerprint density at radius 2 is 2.00 bits per heavy atom. The third-order valence-corrected chi connectivity index (χ3v) is 3.27. The summed E-state index contributed by atoms with van der Waals surface area (Å²) in [5, 5.41) is 10.8. The zero-order valence-corrected chi connectivity index (χ0v) is 10.8. The van der Waals surface area contributed by atoms with Crippen LogP contribution in [-0.2, 0) is 0 Å². The van der Waals surface area contributed by atoms with E-state index in [1.165, 1.54) is 25.3 Å². The molecule has 1 aliphatic heterocycles. The van der Waals surface area contributed by atoms with E-state index in [-0.39, 0.29) is 17.2 Å². The summed E-state index contributed by atoms with van der Waals surface area (Å²) in [7, 11) is 1.45. The van der Waals surface area contributed by atoms with Crippen molar-refractivity contribution in [3.63, 3.8) is 0 Å². The van der Waals surface area contributed by atoms with Crippen LogP contribution in [0.1, 0.15) is 29.6 Å². The van der Waals surface area contributed by atoms with Gasteiger partial charge in [0.2, 0.25) is 0 Å². The molecule has 1 heterocycles. The second-order valence-corrected chi connectivity index (χ2v) is 4.49. The quantitative estimate of drug-likeness (QED) is 0.620. The fraction of sp³-hybridized carbons (Fsp3) is 0.462. The first-order chi connectivity index (χ1) is 9.13. The molecule has 0 atom stereocenters. The summed E-state index contributed by atoms with van der Waals surface area (Å²) in [6.07, 6.45) is 3.07. The third-order valence-electron chi connectivity index (χ3n) is 3.27. The number of piperidine rings is 1. The van der Waals surface area contributed by atoms with Gasteiger partial charge in [-0.25, -0.2) is 0 Å². The van der Waals surface area contributed by atoms with Gasteiger partial charge in [-0.3, -0.25) is 14.9 Å². The molecule has 0 saturated carbocycles. The number of benzene rings is 1. The number of methoxy groups -OCH3 is 1. The Balaban J connectivity index is 2.32. The van der Waals surface area contributed by atoms with Gasteiger partial charge in [0.25, 0.3) is 11.6 Å². The lowest BCUT2D eigenvalue weighted by molar-refractivity contribution is -0.384. The summed E-state index contributed by atoms with van der Waals surface area (Å²) >= 11 is 0. The summed E-state index contributed by atoms with van der Waals surface area (Å²) in [5.41, 5.74) is 0.166. The summed E-state index contributed by atoms with van der Waals surface area (Å²) in [5.74, 6) is 0.182. The number of nitro groups is 1. The molecule has 2 rings (SSSR count). The molecule has 1 aromatic carbocycles. The van der Waals surface area contributed by atoms with E-state index in [2.05, 4.69) is 0 Å². The van der Waals surface area contributed by atoms with Crippen molar-refractivity contribution in [2.24, 2.45) is 0 Å². The minimum Gasteiger partial charge on any atom is -0.496 e. The molecule has 0 N–H and O–H groups in total. The highest BCUT2D eigenvalue weighted by molar-refractivity contribution is 5.97. The number of carbonyl (C=O) groups excluding carboxylic acids is 1. The van der Waals surface area contributed by atoms with Gasteiger partial charge >= 0.3 is 0 Å². The number of hydrogen-bond acceptors (Lipinski definition) is 4. The molecular formula is C13H16N2O4. The van der Waals surface area contributed by atoms with Crippen LogP contribution in [0.3, 0.4) is 0 Å². The second kappa shape index (κ2) is 5.69. The van der Waals surface area contributed by atoms with Gasteiger partial charge in [-0.2, -0.15) is 0 Å². The zero-order chi connectivity index (χ0) is 13.8. The Bertz CT molecular complexity index is 495. The molecule has 1 fully saturated rings. The van der Waals surface area contributed by atoms with Crippen LogP contribution in [0.2, 0.25) is 0 Å². The molecule has 19 heavy (non-hydrogen) atoms. The number of ether oxygens (including phenoxy) is 1. The summed E-state index contributed by atoms with van der Waals surface area (Å²) < 4.78 is 5.12. The van der Waals surface area contributed by atoms with Crippen LogP contribution >= 0.6 is 0 Å². The largest absolute Gasteiger partial charge is 0.496 e. The molecule has 0 bridgehead atoms. The van der Waals surface area contributed by atoms with Crippen molar-refractivity contribution in [3.8, 4) is 5.75 Å². The Labute approximate surface area is 111 Å². The van der Waals surface area contributed by atoms with Crippen LogP contribution in [-0.4, -0.2) is 35.9 Å². The predicted octanol–water partition coefficient (Wildman–Crippen LogP) is 2.23. The van der Waals surface area contributed by atoms with Gasteiger partial charge in [-0.05, 0) is 25.3 Å². The lowest BCUT2D eigenvalue weighted by Gasteiger charge is -2.27. The third kappa shape index (κ3) is 2.83. The number of nitro benzene ring substituents is 1. The molecule has 1 aliphatic rings. The molecule has 0 unspecified atom stereocenters. The SMILES string of the molecule is COc1ccc([N+](=O)[O-])cc1C(=O)N1CCCCC1. The van der Waals surface area contributed by atoms with Crippen LogP contribution < -0.4 is 4.74 Å². The van der Waals surface area contributed by atoms with Gasteiger partial charge < -0.3 is 9.64 Å². The molecule has 1 amide bonds. The number of carbonyl (C=O) groups is 1. The first-order valence-electron chi connectivity index (χ1n) is 6.25. The van der Waals surface area contributed by atoms with Crippen molar-refractivity contribution in [3.05, 3.63) is 33.9 Å². The number of rotatable bonds is 3. The van der Waals surface area contributed by atoms with Crippen molar-refractivity contribution < 1.29 is 14.5 Å². The topological polar surface area (TPSA) is 72.7 Å². The fourth-order valence-electron chi connectivity index (χ4n) is 2.24. The molecule has 1 saturated heterocycles. The van der Waals surface area contributed by atoms with Crippen LogP contribution in [0, 0.1) is 10.1 Å². The number of non-ortho nitro benzene ring substituents is 1. The maximum Gasteiger partial charge on any atom is 0.270 e. The lowest BCUT2D eigenvalue weighted by Crippen LogP contribution is -2.35. The normalized spacial score (nSPS) is 15.1. The highest BCUT2D eigenvalue weighted by Crippen LogP contribution is 2.26. The van der Waals surface area contributed by atoms with E-state index < -0.39 is 4.92 Å². The maximum absolute atomic E-state index is 12.4. The van der Waals surface area contributed by atoms with E-state index in [9.17, 15) is 14.9 Å². The van der Waals surface area contributed by atoms with E-state index in [4.69, 9.17) is 4.74 Å².